The fraction of sp³-hybridized carbons (Fsp3) is 0.333. The number of methoxy groups -OCH3 is 1. The number of unbranched alkanes of at least 4 members (excludes halogenated alkanes) is 6. The maximum absolute atomic E-state index is 12.7. The van der Waals surface area contributed by atoms with Crippen molar-refractivity contribution >= 4 is 17.6 Å². The third-order valence-electron chi connectivity index (χ3n) is 6.51. The Morgan fingerprint density at radius 2 is 1.36 bits per heavy atom. The van der Waals surface area contributed by atoms with E-state index in [9.17, 15) is 19.7 Å². The van der Waals surface area contributed by atoms with Gasteiger partial charge in [0.2, 0.25) is 5.75 Å². The van der Waals surface area contributed by atoms with Crippen LogP contribution in [0.3, 0.4) is 0 Å². The van der Waals surface area contributed by atoms with Crippen molar-refractivity contribution in [3.8, 4) is 28.4 Å². The highest BCUT2D eigenvalue weighted by Gasteiger charge is 2.20. The summed E-state index contributed by atoms with van der Waals surface area (Å²) in [6.45, 7) is 6.20. The monoisotopic (exact) mass is 575 g/mol. The summed E-state index contributed by atoms with van der Waals surface area (Å²) < 4.78 is 21.4. The van der Waals surface area contributed by atoms with E-state index >= 15 is 0 Å². The second kappa shape index (κ2) is 16.6. The number of rotatable bonds is 17. The fourth-order valence-electron chi connectivity index (χ4n) is 4.12. The van der Waals surface area contributed by atoms with Gasteiger partial charge in [-0.2, -0.15) is 0 Å². The summed E-state index contributed by atoms with van der Waals surface area (Å²) in [5, 5.41) is 11.7. The lowest BCUT2D eigenvalue weighted by Gasteiger charge is -2.09. The molecular formula is C33H37NO8. The van der Waals surface area contributed by atoms with Gasteiger partial charge in [-0.05, 0) is 73.4 Å². The maximum atomic E-state index is 12.7. The molecule has 0 spiro atoms. The van der Waals surface area contributed by atoms with E-state index in [4.69, 9.17) is 18.9 Å². The third-order valence-corrected chi connectivity index (χ3v) is 6.51. The molecule has 0 saturated heterocycles. The van der Waals surface area contributed by atoms with Crippen molar-refractivity contribution in [2.45, 2.75) is 51.9 Å². The van der Waals surface area contributed by atoms with Crippen LogP contribution in [0, 0.1) is 10.1 Å². The minimum Gasteiger partial charge on any atom is -0.497 e. The predicted molar refractivity (Wildman–Crippen MR) is 160 cm³/mol. The summed E-state index contributed by atoms with van der Waals surface area (Å²) in [6.07, 6.45) is 7.16. The highest BCUT2D eigenvalue weighted by Crippen LogP contribution is 2.33. The zero-order valence-electron chi connectivity index (χ0n) is 24.1. The zero-order valence-corrected chi connectivity index (χ0v) is 24.1. The standard InChI is InChI=1S/C33H37NO8/c1-24(2)32(35)41-22-10-8-6-4-5-7-9-21-40-29-18-13-26(14-19-29)33(36)42-31-20-15-27(23-30(31)34(37)38)25-11-16-28(39-3)17-12-25/h11-20,23H,1,4-10,21-22H2,2-3H3. The van der Waals surface area contributed by atoms with Gasteiger partial charge in [0.05, 0.1) is 30.8 Å². The highest BCUT2D eigenvalue weighted by atomic mass is 16.6. The Morgan fingerprint density at radius 3 is 1.95 bits per heavy atom. The molecule has 0 unspecified atom stereocenters. The first kappa shape index (κ1) is 31.9. The lowest BCUT2D eigenvalue weighted by molar-refractivity contribution is -0.385. The van der Waals surface area contributed by atoms with E-state index in [0.717, 1.165) is 50.5 Å². The number of nitro groups is 1. The largest absolute Gasteiger partial charge is 0.497 e. The molecule has 0 saturated carbocycles. The van der Waals surface area contributed by atoms with E-state index in [2.05, 4.69) is 6.58 Å². The molecule has 0 aromatic heterocycles. The molecule has 222 valence electrons. The second-order valence-corrected chi connectivity index (χ2v) is 9.82. The molecule has 3 rings (SSSR count). The van der Waals surface area contributed by atoms with Gasteiger partial charge in [-0.1, -0.05) is 56.9 Å². The van der Waals surface area contributed by atoms with Crippen LogP contribution in [0.5, 0.6) is 17.2 Å². The summed E-state index contributed by atoms with van der Waals surface area (Å²) in [7, 11) is 1.56. The van der Waals surface area contributed by atoms with E-state index < -0.39 is 10.9 Å². The van der Waals surface area contributed by atoms with Crippen molar-refractivity contribution in [1.82, 2.24) is 0 Å². The van der Waals surface area contributed by atoms with Crippen LogP contribution < -0.4 is 14.2 Å². The Hall–Kier alpha value is -4.66. The molecule has 0 fully saturated rings. The summed E-state index contributed by atoms with van der Waals surface area (Å²) in [6, 6.07) is 18.1. The molecule has 0 heterocycles. The molecule has 9 nitrogen and oxygen atoms in total. The number of benzene rings is 3. The first-order valence-corrected chi connectivity index (χ1v) is 14.0. The van der Waals surface area contributed by atoms with E-state index in [1.54, 1.807) is 68.6 Å². The van der Waals surface area contributed by atoms with Crippen molar-refractivity contribution < 1.29 is 33.5 Å². The number of esters is 2. The Labute approximate surface area is 246 Å². The molecule has 3 aromatic carbocycles. The number of nitro benzene ring substituents is 1. The van der Waals surface area contributed by atoms with Gasteiger partial charge in [0.1, 0.15) is 11.5 Å². The lowest BCUT2D eigenvalue weighted by Crippen LogP contribution is -2.10. The van der Waals surface area contributed by atoms with Crippen LogP contribution in [0.1, 0.15) is 62.2 Å². The summed E-state index contributed by atoms with van der Waals surface area (Å²) in [4.78, 5) is 35.1. The normalized spacial score (nSPS) is 10.5. The minimum absolute atomic E-state index is 0.131. The molecule has 0 atom stereocenters. The molecule has 0 aliphatic rings. The van der Waals surface area contributed by atoms with Crippen LogP contribution in [0.15, 0.2) is 78.9 Å². The molecule has 0 aliphatic carbocycles. The Bertz CT molecular complexity index is 1350. The van der Waals surface area contributed by atoms with E-state index in [1.807, 2.05) is 0 Å². The van der Waals surface area contributed by atoms with Crippen LogP contribution in [-0.2, 0) is 9.53 Å². The van der Waals surface area contributed by atoms with Gasteiger partial charge in [-0.25, -0.2) is 9.59 Å². The van der Waals surface area contributed by atoms with Gasteiger partial charge < -0.3 is 18.9 Å². The number of ether oxygens (including phenoxy) is 4. The average molecular weight is 576 g/mol. The summed E-state index contributed by atoms with van der Waals surface area (Å²) in [5.41, 5.74) is 1.76. The van der Waals surface area contributed by atoms with Gasteiger partial charge in [0, 0.05) is 11.6 Å². The van der Waals surface area contributed by atoms with Gasteiger partial charge in [0.25, 0.3) is 0 Å². The number of nitrogens with zero attached hydrogens (tertiary/aromatic N) is 1. The van der Waals surface area contributed by atoms with E-state index in [1.165, 1.54) is 12.1 Å². The van der Waals surface area contributed by atoms with Crippen molar-refractivity contribution in [1.29, 1.82) is 0 Å². The number of hydrogen-bond donors (Lipinski definition) is 0. The Morgan fingerprint density at radius 1 is 0.786 bits per heavy atom. The van der Waals surface area contributed by atoms with Crippen LogP contribution in [0.2, 0.25) is 0 Å². The lowest BCUT2D eigenvalue weighted by atomic mass is 10.0. The van der Waals surface area contributed by atoms with E-state index in [-0.39, 0.29) is 23.0 Å². The number of hydrogen-bond acceptors (Lipinski definition) is 8. The van der Waals surface area contributed by atoms with Crippen molar-refractivity contribution in [3.05, 3.63) is 94.6 Å². The van der Waals surface area contributed by atoms with Gasteiger partial charge >= 0.3 is 17.6 Å². The SMILES string of the molecule is C=C(C)C(=O)OCCCCCCCCCOc1ccc(C(=O)Oc2ccc(-c3ccc(OC)cc3)cc2[N+](=O)[O-])cc1. The second-order valence-electron chi connectivity index (χ2n) is 9.82. The quantitative estimate of drug-likeness (QED) is 0.0401. The zero-order chi connectivity index (χ0) is 30.3. The molecular weight excluding hydrogens is 538 g/mol. The molecule has 0 amide bonds. The smallest absolute Gasteiger partial charge is 0.343 e. The summed E-state index contributed by atoms with van der Waals surface area (Å²) in [5.74, 6) is 0.147. The molecule has 0 N–H and O–H groups in total. The number of carbonyl (C=O) groups is 2. The first-order chi connectivity index (χ1) is 20.3. The minimum atomic E-state index is -0.698. The van der Waals surface area contributed by atoms with Crippen molar-refractivity contribution in [2.24, 2.45) is 0 Å². The average Bonchev–Trinajstić information content (AvgIpc) is 3.00. The third kappa shape index (κ3) is 10.1. The highest BCUT2D eigenvalue weighted by molar-refractivity contribution is 5.92. The van der Waals surface area contributed by atoms with Gasteiger partial charge in [-0.3, -0.25) is 10.1 Å². The van der Waals surface area contributed by atoms with Gasteiger partial charge in [0.15, 0.2) is 0 Å². The molecule has 0 radical (unpaired) electrons. The summed E-state index contributed by atoms with van der Waals surface area (Å²) >= 11 is 0. The van der Waals surface area contributed by atoms with Crippen LogP contribution in [0.25, 0.3) is 11.1 Å². The Balaban J connectivity index is 1.39. The van der Waals surface area contributed by atoms with E-state index in [0.29, 0.717) is 35.8 Å². The Kier molecular flexibility index (Phi) is 12.6. The van der Waals surface area contributed by atoms with Crippen LogP contribution in [0.4, 0.5) is 5.69 Å². The van der Waals surface area contributed by atoms with Crippen molar-refractivity contribution in [3.63, 3.8) is 0 Å². The number of carbonyl (C=O) groups excluding carboxylic acids is 2. The maximum Gasteiger partial charge on any atom is 0.343 e. The predicted octanol–water partition coefficient (Wildman–Crippen LogP) is 7.72. The van der Waals surface area contributed by atoms with Crippen LogP contribution >= 0.6 is 0 Å². The molecule has 0 bridgehead atoms. The van der Waals surface area contributed by atoms with Crippen molar-refractivity contribution in [2.75, 3.05) is 20.3 Å². The van der Waals surface area contributed by atoms with Crippen LogP contribution in [-0.4, -0.2) is 37.2 Å². The molecule has 0 aliphatic heterocycles. The first-order valence-electron chi connectivity index (χ1n) is 14.0. The molecule has 3 aromatic rings. The molecule has 42 heavy (non-hydrogen) atoms. The van der Waals surface area contributed by atoms with Gasteiger partial charge in [-0.15, -0.1) is 0 Å². The molecule has 9 heteroatoms. The fourth-order valence-corrected chi connectivity index (χ4v) is 4.12. The topological polar surface area (TPSA) is 114 Å².